The van der Waals surface area contributed by atoms with Gasteiger partial charge in [0.25, 0.3) is 5.91 Å². The molecule has 4 N–H and O–H groups in total. The minimum absolute atomic E-state index is 0.140. The summed E-state index contributed by atoms with van der Waals surface area (Å²) in [6.45, 7) is 0.735. The summed E-state index contributed by atoms with van der Waals surface area (Å²) >= 11 is 0. The third-order valence-corrected chi connectivity index (χ3v) is 3.88. The Morgan fingerprint density at radius 3 is 2.85 bits per heavy atom. The summed E-state index contributed by atoms with van der Waals surface area (Å²) in [5.74, 6) is 6.02. The zero-order chi connectivity index (χ0) is 13.9. The number of rotatable bonds is 4. The van der Waals surface area contributed by atoms with Crippen molar-refractivity contribution in [3.63, 3.8) is 0 Å². The second-order valence-electron chi connectivity index (χ2n) is 5.22. The summed E-state index contributed by atoms with van der Waals surface area (Å²) in [5, 5.41) is 3.85. The third-order valence-electron chi connectivity index (χ3n) is 3.88. The Morgan fingerprint density at radius 1 is 1.35 bits per heavy atom. The molecule has 0 radical (unpaired) electrons. The second-order valence-corrected chi connectivity index (χ2v) is 5.22. The van der Waals surface area contributed by atoms with Gasteiger partial charge >= 0.3 is 0 Å². The highest BCUT2D eigenvalue weighted by Gasteiger charge is 2.19. The maximum Gasteiger partial charge on any atom is 0.269 e. The second kappa shape index (κ2) is 5.46. The van der Waals surface area contributed by atoms with Crippen molar-refractivity contribution in [3.8, 4) is 0 Å². The molecule has 0 aliphatic heterocycles. The van der Waals surface area contributed by atoms with E-state index in [2.05, 4.69) is 15.7 Å². The van der Waals surface area contributed by atoms with E-state index in [1.165, 1.54) is 19.3 Å². The smallest absolute Gasteiger partial charge is 0.269 e. The highest BCUT2D eigenvalue weighted by molar-refractivity contribution is 5.99. The number of aromatic nitrogens is 1. The number of hydrogen-bond acceptors (Lipinski definition) is 4. The number of pyridine rings is 1. The summed E-state index contributed by atoms with van der Waals surface area (Å²) in [5.41, 5.74) is 4.50. The molecule has 0 saturated heterocycles. The average Bonchev–Trinajstić information content (AvgIpc) is 2.44. The molecule has 3 rings (SSSR count). The van der Waals surface area contributed by atoms with Crippen molar-refractivity contribution in [3.05, 3.63) is 36.0 Å². The van der Waals surface area contributed by atoms with Crippen LogP contribution < -0.4 is 16.6 Å². The maximum absolute atomic E-state index is 12.2. The van der Waals surface area contributed by atoms with E-state index in [4.69, 9.17) is 5.84 Å². The van der Waals surface area contributed by atoms with Gasteiger partial charge in [0, 0.05) is 11.9 Å². The van der Waals surface area contributed by atoms with E-state index >= 15 is 0 Å². The van der Waals surface area contributed by atoms with Crippen molar-refractivity contribution >= 4 is 22.5 Å². The van der Waals surface area contributed by atoms with Crippen LogP contribution >= 0.6 is 0 Å². The van der Waals surface area contributed by atoms with Crippen LogP contribution in [0.4, 0.5) is 5.69 Å². The Bertz CT molecular complexity index is 637. The van der Waals surface area contributed by atoms with E-state index in [1.54, 1.807) is 6.07 Å². The highest BCUT2D eigenvalue weighted by Crippen LogP contribution is 2.25. The lowest BCUT2D eigenvalue weighted by molar-refractivity contribution is 0.0934. The van der Waals surface area contributed by atoms with Crippen LogP contribution in [0.5, 0.6) is 0 Å². The number of amides is 1. The third kappa shape index (κ3) is 2.44. The first kappa shape index (κ1) is 12.9. The van der Waals surface area contributed by atoms with E-state index in [9.17, 15) is 4.79 Å². The molecule has 5 nitrogen and oxygen atoms in total. The Kier molecular flexibility index (Phi) is 3.52. The molecule has 1 aliphatic rings. The van der Waals surface area contributed by atoms with E-state index < -0.39 is 0 Å². The first-order valence-corrected chi connectivity index (χ1v) is 6.92. The van der Waals surface area contributed by atoms with Crippen LogP contribution in [0.3, 0.4) is 0 Å². The van der Waals surface area contributed by atoms with Gasteiger partial charge in [0.1, 0.15) is 5.69 Å². The van der Waals surface area contributed by atoms with Gasteiger partial charge < -0.3 is 10.7 Å². The van der Waals surface area contributed by atoms with Gasteiger partial charge in [0.15, 0.2) is 0 Å². The minimum atomic E-state index is -0.140. The maximum atomic E-state index is 12.2. The molecule has 20 heavy (non-hydrogen) atoms. The molecule has 2 aromatic rings. The molecular formula is C15H18N4O. The number of nitrogens with one attached hydrogen (secondary N) is 2. The van der Waals surface area contributed by atoms with Crippen LogP contribution in [0.2, 0.25) is 0 Å². The number of fused-ring (bicyclic) bond motifs is 1. The van der Waals surface area contributed by atoms with E-state index in [1.807, 2.05) is 24.3 Å². The van der Waals surface area contributed by atoms with Crippen LogP contribution in [-0.2, 0) is 0 Å². The van der Waals surface area contributed by atoms with Gasteiger partial charge in [-0.3, -0.25) is 10.6 Å². The lowest BCUT2D eigenvalue weighted by Gasteiger charge is -2.25. The summed E-state index contributed by atoms with van der Waals surface area (Å²) in [6, 6.07) is 9.30. The van der Waals surface area contributed by atoms with Crippen molar-refractivity contribution < 1.29 is 4.79 Å². The number of nitrogen functional groups attached to an aromatic ring is 1. The highest BCUT2D eigenvalue weighted by atomic mass is 16.1. The molecule has 0 bridgehead atoms. The molecule has 0 unspecified atom stereocenters. The van der Waals surface area contributed by atoms with Crippen molar-refractivity contribution in [1.82, 2.24) is 10.3 Å². The number of benzene rings is 1. The van der Waals surface area contributed by atoms with E-state index in [0.717, 1.165) is 17.4 Å². The predicted octanol–water partition coefficient (Wildman–Crippen LogP) is 2.05. The van der Waals surface area contributed by atoms with Crippen molar-refractivity contribution in [2.75, 3.05) is 12.0 Å². The molecule has 0 atom stereocenters. The number of nitrogens with zero attached hydrogens (tertiary/aromatic N) is 1. The summed E-state index contributed by atoms with van der Waals surface area (Å²) in [4.78, 5) is 16.6. The quantitative estimate of drug-likeness (QED) is 0.587. The fourth-order valence-corrected chi connectivity index (χ4v) is 2.44. The van der Waals surface area contributed by atoms with Gasteiger partial charge in [-0.2, -0.15) is 0 Å². The van der Waals surface area contributed by atoms with Crippen LogP contribution in [0.15, 0.2) is 30.3 Å². The summed E-state index contributed by atoms with van der Waals surface area (Å²) in [7, 11) is 0. The number of hydrazine groups is 1. The summed E-state index contributed by atoms with van der Waals surface area (Å²) in [6.07, 6.45) is 3.69. The first-order valence-electron chi connectivity index (χ1n) is 6.92. The average molecular weight is 270 g/mol. The van der Waals surface area contributed by atoms with Crippen LogP contribution in [-0.4, -0.2) is 17.4 Å². The Balaban J connectivity index is 1.84. The summed E-state index contributed by atoms with van der Waals surface area (Å²) < 4.78 is 0. The molecule has 5 heteroatoms. The molecule has 1 amide bonds. The van der Waals surface area contributed by atoms with Crippen molar-refractivity contribution in [2.24, 2.45) is 11.8 Å². The number of para-hydroxylation sites is 1. The van der Waals surface area contributed by atoms with Gasteiger partial charge in [0.2, 0.25) is 0 Å². The Morgan fingerprint density at radius 2 is 2.15 bits per heavy atom. The zero-order valence-corrected chi connectivity index (χ0v) is 11.2. The number of hydrogen-bond donors (Lipinski definition) is 3. The SMILES string of the molecule is NNc1cc(C(=O)NCC2CCC2)nc2ccccc12. The molecule has 1 aromatic carbocycles. The molecule has 1 aliphatic carbocycles. The molecule has 1 heterocycles. The number of carbonyl (C=O) groups is 1. The van der Waals surface area contributed by atoms with Gasteiger partial charge in [-0.15, -0.1) is 0 Å². The fraction of sp³-hybridized carbons (Fsp3) is 0.333. The van der Waals surface area contributed by atoms with Gasteiger partial charge in [-0.25, -0.2) is 4.98 Å². The normalized spacial score (nSPS) is 14.8. The topological polar surface area (TPSA) is 80.0 Å². The molecule has 1 fully saturated rings. The number of anilines is 1. The first-order chi connectivity index (χ1) is 9.78. The van der Waals surface area contributed by atoms with Crippen LogP contribution in [0.1, 0.15) is 29.8 Å². The molecule has 104 valence electrons. The van der Waals surface area contributed by atoms with E-state index in [0.29, 0.717) is 17.3 Å². The molecule has 1 saturated carbocycles. The lowest BCUT2D eigenvalue weighted by Crippen LogP contribution is -2.32. The zero-order valence-electron chi connectivity index (χ0n) is 11.2. The molecule has 1 aromatic heterocycles. The standard InChI is InChI=1S/C15H18N4O/c16-19-13-8-14(15(20)17-9-10-4-3-5-10)18-12-7-2-1-6-11(12)13/h1-2,6-8,10H,3-5,9,16H2,(H,17,20)(H,18,19). The monoisotopic (exact) mass is 270 g/mol. The van der Waals surface area contributed by atoms with E-state index in [-0.39, 0.29) is 5.91 Å². The van der Waals surface area contributed by atoms with Crippen molar-refractivity contribution in [2.45, 2.75) is 19.3 Å². The largest absolute Gasteiger partial charge is 0.350 e. The van der Waals surface area contributed by atoms with Crippen LogP contribution in [0.25, 0.3) is 10.9 Å². The Hall–Kier alpha value is -2.14. The molecule has 0 spiro atoms. The minimum Gasteiger partial charge on any atom is -0.350 e. The number of carbonyl (C=O) groups excluding carboxylic acids is 1. The van der Waals surface area contributed by atoms with Crippen molar-refractivity contribution in [1.29, 1.82) is 0 Å². The number of nitrogens with two attached hydrogens (primary N) is 1. The van der Waals surface area contributed by atoms with Gasteiger partial charge in [0.05, 0.1) is 11.2 Å². The van der Waals surface area contributed by atoms with Gasteiger partial charge in [-0.1, -0.05) is 24.6 Å². The van der Waals surface area contributed by atoms with Gasteiger partial charge in [-0.05, 0) is 30.9 Å². The lowest BCUT2D eigenvalue weighted by atomic mass is 9.85. The van der Waals surface area contributed by atoms with Crippen LogP contribution in [0, 0.1) is 5.92 Å². The molecular weight excluding hydrogens is 252 g/mol. The Labute approximate surface area is 117 Å². The fourth-order valence-electron chi connectivity index (χ4n) is 2.44. The predicted molar refractivity (Wildman–Crippen MR) is 79.2 cm³/mol.